The van der Waals surface area contributed by atoms with Gasteiger partial charge in [0.1, 0.15) is 12.4 Å². The maximum Gasteiger partial charge on any atom is 0.255 e. The molecule has 0 spiro atoms. The first-order valence-electron chi connectivity index (χ1n) is 8.85. The lowest BCUT2D eigenvalue weighted by Crippen LogP contribution is -2.14. The van der Waals surface area contributed by atoms with Crippen LogP contribution in [0.25, 0.3) is 0 Å². The normalized spacial score (nSPS) is 10.8. The minimum absolute atomic E-state index is 0.135. The van der Waals surface area contributed by atoms with Gasteiger partial charge in [-0.25, -0.2) is 0 Å². The molecule has 0 aliphatic rings. The molecule has 6 nitrogen and oxygen atoms in total. The Bertz CT molecular complexity index is 875. The van der Waals surface area contributed by atoms with Crippen molar-refractivity contribution in [1.29, 1.82) is 0 Å². The largest absolute Gasteiger partial charge is 0.492 e. The van der Waals surface area contributed by atoms with Gasteiger partial charge in [0.15, 0.2) is 0 Å². The summed E-state index contributed by atoms with van der Waals surface area (Å²) >= 11 is 0. The van der Waals surface area contributed by atoms with E-state index in [1.54, 1.807) is 6.20 Å². The molecule has 0 unspecified atom stereocenters. The summed E-state index contributed by atoms with van der Waals surface area (Å²) in [6, 6.07) is 16.9. The first-order valence-corrected chi connectivity index (χ1v) is 8.85. The molecule has 0 radical (unpaired) electrons. The Labute approximate surface area is 159 Å². The van der Waals surface area contributed by atoms with Gasteiger partial charge in [0, 0.05) is 36.3 Å². The lowest BCUT2D eigenvalue weighted by Gasteiger charge is -2.12. The Morgan fingerprint density at radius 1 is 1.15 bits per heavy atom. The van der Waals surface area contributed by atoms with Crippen LogP contribution in [0.1, 0.15) is 15.9 Å². The molecule has 1 N–H and O–H groups in total. The number of hydrogen-bond acceptors (Lipinski definition) is 4. The van der Waals surface area contributed by atoms with E-state index in [4.69, 9.17) is 4.74 Å². The van der Waals surface area contributed by atoms with Crippen LogP contribution >= 0.6 is 0 Å². The number of amides is 1. The standard InChI is InChI=1S/C21H24N4O2/c1-24(2)16-17-6-3-7-18(14-17)21(26)23-19-8-4-9-20(15-19)27-13-12-25-11-5-10-22-25/h3-11,14-15H,12-13,16H2,1-2H3,(H,23,26). The van der Waals surface area contributed by atoms with Crippen molar-refractivity contribution in [3.05, 3.63) is 78.1 Å². The molecule has 0 aliphatic heterocycles. The highest BCUT2D eigenvalue weighted by Crippen LogP contribution is 2.18. The summed E-state index contributed by atoms with van der Waals surface area (Å²) in [5.41, 5.74) is 2.44. The fraction of sp³-hybridized carbons (Fsp3) is 0.238. The third-order valence-electron chi connectivity index (χ3n) is 3.93. The van der Waals surface area contributed by atoms with Crippen molar-refractivity contribution in [3.8, 4) is 5.75 Å². The minimum Gasteiger partial charge on any atom is -0.492 e. The zero-order chi connectivity index (χ0) is 19.1. The number of benzene rings is 2. The molecule has 0 fully saturated rings. The summed E-state index contributed by atoms with van der Waals surface area (Å²) in [4.78, 5) is 14.6. The van der Waals surface area contributed by atoms with Gasteiger partial charge < -0.3 is 15.0 Å². The number of ether oxygens (including phenoxy) is 1. The van der Waals surface area contributed by atoms with Crippen molar-refractivity contribution in [2.24, 2.45) is 0 Å². The molecular formula is C21H24N4O2. The number of hydrogen-bond donors (Lipinski definition) is 1. The van der Waals surface area contributed by atoms with Gasteiger partial charge in [-0.1, -0.05) is 18.2 Å². The van der Waals surface area contributed by atoms with Gasteiger partial charge in [0.05, 0.1) is 6.54 Å². The maximum absolute atomic E-state index is 12.6. The Balaban J connectivity index is 1.59. The van der Waals surface area contributed by atoms with E-state index in [9.17, 15) is 4.79 Å². The second-order valence-corrected chi connectivity index (χ2v) is 6.54. The molecule has 27 heavy (non-hydrogen) atoms. The second-order valence-electron chi connectivity index (χ2n) is 6.54. The summed E-state index contributed by atoms with van der Waals surface area (Å²) in [5, 5.41) is 7.07. The maximum atomic E-state index is 12.6. The van der Waals surface area contributed by atoms with Gasteiger partial charge in [-0.2, -0.15) is 5.10 Å². The molecular weight excluding hydrogens is 340 g/mol. The van der Waals surface area contributed by atoms with Crippen LogP contribution in [0.2, 0.25) is 0 Å². The van der Waals surface area contributed by atoms with Crippen LogP contribution in [0, 0.1) is 0 Å². The van der Waals surface area contributed by atoms with Crippen molar-refractivity contribution in [3.63, 3.8) is 0 Å². The number of anilines is 1. The minimum atomic E-state index is -0.135. The molecule has 3 rings (SSSR count). The Hall–Kier alpha value is -3.12. The molecule has 0 saturated carbocycles. The Morgan fingerprint density at radius 2 is 2.00 bits per heavy atom. The molecule has 1 aromatic heterocycles. The predicted octanol–water partition coefficient (Wildman–Crippen LogP) is 3.28. The predicted molar refractivity (Wildman–Crippen MR) is 106 cm³/mol. The average molecular weight is 364 g/mol. The summed E-state index contributed by atoms with van der Waals surface area (Å²) < 4.78 is 7.56. The van der Waals surface area contributed by atoms with Crippen LogP contribution < -0.4 is 10.1 Å². The quantitative estimate of drug-likeness (QED) is 0.666. The van der Waals surface area contributed by atoms with Crippen molar-refractivity contribution in [2.45, 2.75) is 13.1 Å². The second kappa shape index (κ2) is 9.00. The van der Waals surface area contributed by atoms with Gasteiger partial charge in [0.25, 0.3) is 5.91 Å². The summed E-state index contributed by atoms with van der Waals surface area (Å²) in [7, 11) is 4.01. The molecule has 0 saturated heterocycles. The zero-order valence-corrected chi connectivity index (χ0v) is 15.6. The SMILES string of the molecule is CN(C)Cc1cccc(C(=O)Nc2cccc(OCCn3cccn3)c2)c1. The summed E-state index contributed by atoms with van der Waals surface area (Å²) in [5.74, 6) is 0.575. The number of carbonyl (C=O) groups excluding carboxylic acids is 1. The highest BCUT2D eigenvalue weighted by Gasteiger charge is 2.08. The Kier molecular flexibility index (Phi) is 6.22. The topological polar surface area (TPSA) is 59.4 Å². The van der Waals surface area contributed by atoms with Crippen LogP contribution in [0.5, 0.6) is 5.75 Å². The highest BCUT2D eigenvalue weighted by atomic mass is 16.5. The number of rotatable bonds is 8. The molecule has 1 amide bonds. The first-order chi connectivity index (χ1) is 13.1. The first kappa shape index (κ1) is 18.7. The summed E-state index contributed by atoms with van der Waals surface area (Å²) in [6.07, 6.45) is 3.63. The van der Waals surface area contributed by atoms with Crippen LogP contribution in [-0.4, -0.2) is 41.3 Å². The van der Waals surface area contributed by atoms with Crippen molar-refractivity contribution in [2.75, 3.05) is 26.0 Å². The third kappa shape index (κ3) is 5.69. The van der Waals surface area contributed by atoms with Crippen LogP contribution in [-0.2, 0) is 13.1 Å². The van der Waals surface area contributed by atoms with Gasteiger partial charge >= 0.3 is 0 Å². The molecule has 1 heterocycles. The molecule has 0 aliphatic carbocycles. The van der Waals surface area contributed by atoms with Crippen LogP contribution in [0.3, 0.4) is 0 Å². The Morgan fingerprint density at radius 3 is 2.78 bits per heavy atom. The van der Waals surface area contributed by atoms with Crippen LogP contribution in [0.15, 0.2) is 67.0 Å². The monoisotopic (exact) mass is 364 g/mol. The van der Waals surface area contributed by atoms with E-state index in [1.807, 2.05) is 79.6 Å². The van der Waals surface area contributed by atoms with E-state index < -0.39 is 0 Å². The van der Waals surface area contributed by atoms with E-state index in [1.165, 1.54) is 0 Å². The number of nitrogens with zero attached hydrogens (tertiary/aromatic N) is 3. The summed E-state index contributed by atoms with van der Waals surface area (Å²) in [6.45, 7) is 1.97. The van der Waals surface area contributed by atoms with E-state index in [2.05, 4.69) is 15.3 Å². The molecule has 0 bridgehead atoms. The van der Waals surface area contributed by atoms with Crippen LogP contribution in [0.4, 0.5) is 5.69 Å². The van der Waals surface area contributed by atoms with Gasteiger partial charge in [-0.15, -0.1) is 0 Å². The molecule has 6 heteroatoms. The van der Waals surface area contributed by atoms with E-state index in [0.717, 1.165) is 12.1 Å². The van der Waals surface area contributed by atoms with E-state index in [0.29, 0.717) is 30.2 Å². The van der Waals surface area contributed by atoms with Crippen molar-refractivity contribution in [1.82, 2.24) is 14.7 Å². The number of carbonyl (C=O) groups is 1. The van der Waals surface area contributed by atoms with E-state index in [-0.39, 0.29) is 5.91 Å². The smallest absolute Gasteiger partial charge is 0.255 e. The van der Waals surface area contributed by atoms with Gasteiger partial charge in [0.2, 0.25) is 0 Å². The molecule has 3 aromatic rings. The molecule has 2 aromatic carbocycles. The number of aromatic nitrogens is 2. The van der Waals surface area contributed by atoms with Gasteiger partial charge in [-0.3, -0.25) is 9.48 Å². The molecule has 140 valence electrons. The molecule has 0 atom stereocenters. The lowest BCUT2D eigenvalue weighted by molar-refractivity contribution is 0.102. The fourth-order valence-corrected chi connectivity index (χ4v) is 2.73. The highest BCUT2D eigenvalue weighted by molar-refractivity contribution is 6.04. The fourth-order valence-electron chi connectivity index (χ4n) is 2.73. The third-order valence-corrected chi connectivity index (χ3v) is 3.93. The van der Waals surface area contributed by atoms with Crippen molar-refractivity contribution < 1.29 is 9.53 Å². The zero-order valence-electron chi connectivity index (χ0n) is 15.6. The van der Waals surface area contributed by atoms with E-state index >= 15 is 0 Å². The van der Waals surface area contributed by atoms with Crippen molar-refractivity contribution >= 4 is 11.6 Å². The lowest BCUT2D eigenvalue weighted by atomic mass is 10.1. The number of nitrogens with one attached hydrogen (secondary N) is 1. The van der Waals surface area contributed by atoms with Gasteiger partial charge in [-0.05, 0) is 50.0 Å². The average Bonchev–Trinajstić information content (AvgIpc) is 3.15.